The van der Waals surface area contributed by atoms with Gasteiger partial charge >= 0.3 is 0 Å². The van der Waals surface area contributed by atoms with E-state index in [0.29, 0.717) is 11.4 Å². The SMILES string of the molecule is CN(CCN1CCCC1)C(=O)c1cccnc1N. The molecule has 0 bridgehead atoms. The van der Waals surface area contributed by atoms with E-state index in [9.17, 15) is 4.79 Å². The maximum atomic E-state index is 12.2. The molecule has 2 heterocycles. The maximum Gasteiger partial charge on any atom is 0.257 e. The van der Waals surface area contributed by atoms with Gasteiger partial charge in [-0.3, -0.25) is 4.79 Å². The van der Waals surface area contributed by atoms with E-state index in [4.69, 9.17) is 5.73 Å². The largest absolute Gasteiger partial charge is 0.383 e. The summed E-state index contributed by atoms with van der Waals surface area (Å²) in [6, 6.07) is 3.45. The third-order valence-electron chi connectivity index (χ3n) is 3.37. The van der Waals surface area contributed by atoms with Crippen LogP contribution in [-0.2, 0) is 0 Å². The minimum absolute atomic E-state index is 0.0557. The molecular weight excluding hydrogens is 228 g/mol. The molecule has 98 valence electrons. The van der Waals surface area contributed by atoms with E-state index in [0.717, 1.165) is 26.2 Å². The van der Waals surface area contributed by atoms with Crippen molar-refractivity contribution in [2.75, 3.05) is 39.0 Å². The minimum atomic E-state index is -0.0557. The Labute approximate surface area is 108 Å². The van der Waals surface area contributed by atoms with Crippen LogP contribution in [0.2, 0.25) is 0 Å². The average Bonchev–Trinajstić information content (AvgIpc) is 2.89. The van der Waals surface area contributed by atoms with Crippen LogP contribution in [0.4, 0.5) is 5.82 Å². The number of rotatable bonds is 4. The lowest BCUT2D eigenvalue weighted by atomic mass is 10.2. The highest BCUT2D eigenvalue weighted by atomic mass is 16.2. The van der Waals surface area contributed by atoms with Crippen molar-refractivity contribution in [2.45, 2.75) is 12.8 Å². The summed E-state index contributed by atoms with van der Waals surface area (Å²) in [5.74, 6) is 0.246. The van der Waals surface area contributed by atoms with E-state index in [1.807, 2.05) is 7.05 Å². The number of likely N-dealkylation sites (N-methyl/N-ethyl adjacent to an activating group) is 1. The van der Waals surface area contributed by atoms with Crippen LogP contribution in [0.3, 0.4) is 0 Å². The second-order valence-corrected chi connectivity index (χ2v) is 4.71. The van der Waals surface area contributed by atoms with Gasteiger partial charge in [0.15, 0.2) is 0 Å². The molecule has 1 aliphatic rings. The van der Waals surface area contributed by atoms with Crippen molar-refractivity contribution < 1.29 is 4.79 Å². The van der Waals surface area contributed by atoms with E-state index in [1.54, 1.807) is 23.2 Å². The van der Waals surface area contributed by atoms with Crippen molar-refractivity contribution in [2.24, 2.45) is 0 Å². The molecule has 0 radical (unpaired) electrons. The van der Waals surface area contributed by atoms with Crippen LogP contribution in [0.15, 0.2) is 18.3 Å². The molecule has 18 heavy (non-hydrogen) atoms. The fourth-order valence-corrected chi connectivity index (χ4v) is 2.20. The smallest absolute Gasteiger partial charge is 0.257 e. The molecule has 0 aromatic carbocycles. The molecule has 0 unspecified atom stereocenters. The normalized spacial score (nSPS) is 15.8. The second-order valence-electron chi connectivity index (χ2n) is 4.71. The molecule has 5 nitrogen and oxygen atoms in total. The van der Waals surface area contributed by atoms with Crippen molar-refractivity contribution in [3.63, 3.8) is 0 Å². The first-order valence-electron chi connectivity index (χ1n) is 6.37. The molecule has 0 aliphatic carbocycles. The molecule has 1 fully saturated rings. The van der Waals surface area contributed by atoms with Crippen LogP contribution in [0.5, 0.6) is 0 Å². The van der Waals surface area contributed by atoms with Crippen LogP contribution < -0.4 is 5.73 Å². The summed E-state index contributed by atoms with van der Waals surface area (Å²) in [5.41, 5.74) is 6.20. The highest BCUT2D eigenvalue weighted by Gasteiger charge is 2.17. The van der Waals surface area contributed by atoms with Crippen LogP contribution >= 0.6 is 0 Å². The summed E-state index contributed by atoms with van der Waals surface area (Å²) in [4.78, 5) is 20.2. The van der Waals surface area contributed by atoms with Gasteiger partial charge in [-0.05, 0) is 38.1 Å². The van der Waals surface area contributed by atoms with Gasteiger partial charge in [0.05, 0.1) is 5.56 Å². The Hall–Kier alpha value is -1.62. The molecule has 1 saturated heterocycles. The fourth-order valence-electron chi connectivity index (χ4n) is 2.20. The molecule has 1 amide bonds. The highest BCUT2D eigenvalue weighted by molar-refractivity contribution is 5.98. The Kier molecular flexibility index (Phi) is 4.15. The van der Waals surface area contributed by atoms with Crippen molar-refractivity contribution in [3.05, 3.63) is 23.9 Å². The number of hydrogen-bond acceptors (Lipinski definition) is 4. The average molecular weight is 248 g/mol. The maximum absolute atomic E-state index is 12.2. The number of aromatic nitrogens is 1. The molecule has 2 N–H and O–H groups in total. The van der Waals surface area contributed by atoms with Crippen molar-refractivity contribution in [3.8, 4) is 0 Å². The summed E-state index contributed by atoms with van der Waals surface area (Å²) < 4.78 is 0. The van der Waals surface area contributed by atoms with Gasteiger partial charge in [0.25, 0.3) is 5.91 Å². The zero-order valence-corrected chi connectivity index (χ0v) is 10.8. The molecule has 1 aliphatic heterocycles. The van der Waals surface area contributed by atoms with Gasteiger partial charge in [-0.2, -0.15) is 0 Å². The molecule has 0 atom stereocenters. The van der Waals surface area contributed by atoms with Crippen molar-refractivity contribution in [1.29, 1.82) is 0 Å². The molecule has 0 spiro atoms. The van der Waals surface area contributed by atoms with E-state index in [2.05, 4.69) is 9.88 Å². The fraction of sp³-hybridized carbons (Fsp3) is 0.538. The Balaban J connectivity index is 1.90. The summed E-state index contributed by atoms with van der Waals surface area (Å²) in [6.45, 7) is 3.96. The van der Waals surface area contributed by atoms with Crippen LogP contribution in [0, 0.1) is 0 Å². The van der Waals surface area contributed by atoms with Crippen LogP contribution in [0.25, 0.3) is 0 Å². The highest BCUT2D eigenvalue weighted by Crippen LogP contribution is 2.11. The number of nitrogen functional groups attached to an aromatic ring is 1. The molecule has 5 heteroatoms. The lowest BCUT2D eigenvalue weighted by Crippen LogP contribution is -2.35. The first-order chi connectivity index (χ1) is 8.68. The third kappa shape index (κ3) is 2.98. The number of anilines is 1. The zero-order valence-electron chi connectivity index (χ0n) is 10.8. The Bertz CT molecular complexity index is 415. The standard InChI is InChI=1S/C13H20N4O/c1-16(9-10-17-7-2-3-8-17)13(18)11-5-4-6-15-12(11)14/h4-6H,2-3,7-10H2,1H3,(H2,14,15). The Morgan fingerprint density at radius 2 is 2.22 bits per heavy atom. The van der Waals surface area contributed by atoms with Gasteiger partial charge in [-0.15, -0.1) is 0 Å². The van der Waals surface area contributed by atoms with Crippen LogP contribution in [0.1, 0.15) is 23.2 Å². The summed E-state index contributed by atoms with van der Waals surface area (Å²) in [6.07, 6.45) is 4.14. The Morgan fingerprint density at radius 3 is 2.89 bits per heavy atom. The van der Waals surface area contributed by atoms with Gasteiger partial charge < -0.3 is 15.5 Å². The molecule has 1 aromatic rings. The van der Waals surface area contributed by atoms with Gasteiger partial charge in [0.1, 0.15) is 5.82 Å². The lowest BCUT2D eigenvalue weighted by Gasteiger charge is -2.21. The third-order valence-corrected chi connectivity index (χ3v) is 3.37. The summed E-state index contributed by atoms with van der Waals surface area (Å²) in [5, 5.41) is 0. The first-order valence-corrected chi connectivity index (χ1v) is 6.37. The van der Waals surface area contributed by atoms with Gasteiger partial charge in [0, 0.05) is 26.3 Å². The molecule has 0 saturated carbocycles. The van der Waals surface area contributed by atoms with E-state index in [-0.39, 0.29) is 5.91 Å². The summed E-state index contributed by atoms with van der Waals surface area (Å²) in [7, 11) is 1.81. The number of carbonyl (C=O) groups is 1. The predicted octanol–water partition coefficient (Wildman–Crippen LogP) is 0.832. The van der Waals surface area contributed by atoms with Crippen molar-refractivity contribution in [1.82, 2.24) is 14.8 Å². The first kappa shape index (κ1) is 12.8. The number of amides is 1. The van der Waals surface area contributed by atoms with Gasteiger partial charge in [-0.25, -0.2) is 4.98 Å². The molecule has 2 rings (SSSR count). The van der Waals surface area contributed by atoms with E-state index in [1.165, 1.54) is 12.8 Å². The topological polar surface area (TPSA) is 62.5 Å². The van der Waals surface area contributed by atoms with Crippen molar-refractivity contribution >= 4 is 11.7 Å². The number of nitrogens with two attached hydrogens (primary N) is 1. The number of carbonyl (C=O) groups excluding carboxylic acids is 1. The number of pyridine rings is 1. The number of nitrogens with zero attached hydrogens (tertiary/aromatic N) is 3. The zero-order chi connectivity index (χ0) is 13.0. The minimum Gasteiger partial charge on any atom is -0.383 e. The Morgan fingerprint density at radius 1 is 1.50 bits per heavy atom. The monoisotopic (exact) mass is 248 g/mol. The van der Waals surface area contributed by atoms with Gasteiger partial charge in [0.2, 0.25) is 0 Å². The lowest BCUT2D eigenvalue weighted by molar-refractivity contribution is 0.0783. The number of likely N-dealkylation sites (tertiary alicyclic amines) is 1. The number of hydrogen-bond donors (Lipinski definition) is 1. The summed E-state index contributed by atoms with van der Waals surface area (Å²) >= 11 is 0. The van der Waals surface area contributed by atoms with Crippen LogP contribution in [-0.4, -0.2) is 53.9 Å². The van der Waals surface area contributed by atoms with E-state index < -0.39 is 0 Å². The van der Waals surface area contributed by atoms with Gasteiger partial charge in [-0.1, -0.05) is 0 Å². The van der Waals surface area contributed by atoms with E-state index >= 15 is 0 Å². The second kappa shape index (κ2) is 5.82. The predicted molar refractivity (Wildman–Crippen MR) is 71.3 cm³/mol. The molecular formula is C13H20N4O. The molecule has 1 aromatic heterocycles. The quantitative estimate of drug-likeness (QED) is 0.857.